The zero-order valence-electron chi connectivity index (χ0n) is 9.86. The van der Waals surface area contributed by atoms with E-state index >= 15 is 0 Å². The van der Waals surface area contributed by atoms with Crippen LogP contribution in [0, 0.1) is 0 Å². The molecule has 1 unspecified atom stereocenters. The van der Waals surface area contributed by atoms with Crippen LogP contribution in [0.2, 0.25) is 0 Å². The van der Waals surface area contributed by atoms with E-state index in [0.717, 1.165) is 13.2 Å². The summed E-state index contributed by atoms with van der Waals surface area (Å²) in [5.74, 6) is 0. The second-order valence-electron chi connectivity index (χ2n) is 3.90. The molecule has 84 valence electrons. The standard InChI is InChI=1S/C13H21NO/c1-4-14-13(10-15-11(2)3)12-8-6-5-7-9-12/h5-9,11,13-14H,4,10H2,1-3H3. The SMILES string of the molecule is CCNC(COC(C)C)c1ccccc1. The van der Waals surface area contributed by atoms with Crippen molar-refractivity contribution >= 4 is 0 Å². The molecule has 0 aliphatic rings. The van der Waals surface area contributed by atoms with E-state index < -0.39 is 0 Å². The average Bonchev–Trinajstić information content (AvgIpc) is 2.25. The van der Waals surface area contributed by atoms with Crippen molar-refractivity contribution < 1.29 is 4.74 Å². The Bertz CT molecular complexity index is 258. The molecule has 0 bridgehead atoms. The van der Waals surface area contributed by atoms with E-state index in [1.165, 1.54) is 5.56 Å². The van der Waals surface area contributed by atoms with Gasteiger partial charge < -0.3 is 10.1 Å². The number of hydrogen-bond acceptors (Lipinski definition) is 2. The first kappa shape index (κ1) is 12.2. The van der Waals surface area contributed by atoms with E-state index in [4.69, 9.17) is 4.74 Å². The van der Waals surface area contributed by atoms with Crippen LogP contribution in [-0.4, -0.2) is 19.3 Å². The number of rotatable bonds is 6. The van der Waals surface area contributed by atoms with Crippen LogP contribution < -0.4 is 5.32 Å². The third-order valence-corrected chi connectivity index (χ3v) is 2.25. The highest BCUT2D eigenvalue weighted by atomic mass is 16.5. The fourth-order valence-corrected chi connectivity index (χ4v) is 1.49. The number of benzene rings is 1. The normalized spacial score (nSPS) is 13.1. The van der Waals surface area contributed by atoms with Gasteiger partial charge in [0.1, 0.15) is 0 Å². The summed E-state index contributed by atoms with van der Waals surface area (Å²) in [6.45, 7) is 7.93. The van der Waals surface area contributed by atoms with Crippen molar-refractivity contribution in [2.75, 3.05) is 13.2 Å². The van der Waals surface area contributed by atoms with E-state index in [9.17, 15) is 0 Å². The van der Waals surface area contributed by atoms with E-state index in [1.54, 1.807) is 0 Å². The van der Waals surface area contributed by atoms with Crippen molar-refractivity contribution in [2.24, 2.45) is 0 Å². The minimum atomic E-state index is 0.287. The highest BCUT2D eigenvalue weighted by molar-refractivity contribution is 5.18. The molecule has 15 heavy (non-hydrogen) atoms. The lowest BCUT2D eigenvalue weighted by molar-refractivity contribution is 0.0614. The number of hydrogen-bond donors (Lipinski definition) is 1. The quantitative estimate of drug-likeness (QED) is 0.774. The predicted molar refractivity (Wildman–Crippen MR) is 63.9 cm³/mol. The fraction of sp³-hybridized carbons (Fsp3) is 0.538. The molecule has 0 aliphatic heterocycles. The minimum Gasteiger partial charge on any atom is -0.377 e. The molecule has 0 aromatic heterocycles. The third-order valence-electron chi connectivity index (χ3n) is 2.25. The maximum Gasteiger partial charge on any atom is 0.0664 e. The van der Waals surface area contributed by atoms with Crippen molar-refractivity contribution in [3.63, 3.8) is 0 Å². The van der Waals surface area contributed by atoms with Crippen LogP contribution in [0.5, 0.6) is 0 Å². The van der Waals surface area contributed by atoms with Gasteiger partial charge in [0.25, 0.3) is 0 Å². The molecule has 1 aromatic rings. The Morgan fingerprint density at radius 1 is 1.20 bits per heavy atom. The maximum atomic E-state index is 5.65. The van der Waals surface area contributed by atoms with Gasteiger partial charge in [0.15, 0.2) is 0 Å². The van der Waals surface area contributed by atoms with Gasteiger partial charge in [-0.3, -0.25) is 0 Å². The summed E-state index contributed by atoms with van der Waals surface area (Å²) >= 11 is 0. The first-order valence-corrected chi connectivity index (χ1v) is 5.64. The molecule has 2 nitrogen and oxygen atoms in total. The second-order valence-corrected chi connectivity index (χ2v) is 3.90. The van der Waals surface area contributed by atoms with Gasteiger partial charge in [-0.25, -0.2) is 0 Å². The van der Waals surface area contributed by atoms with E-state index in [0.29, 0.717) is 6.04 Å². The summed E-state index contributed by atoms with van der Waals surface area (Å²) in [7, 11) is 0. The topological polar surface area (TPSA) is 21.3 Å². The van der Waals surface area contributed by atoms with Gasteiger partial charge in [0, 0.05) is 0 Å². The zero-order chi connectivity index (χ0) is 11.1. The van der Waals surface area contributed by atoms with Crippen molar-refractivity contribution in [2.45, 2.75) is 32.9 Å². The fourth-order valence-electron chi connectivity index (χ4n) is 1.49. The molecular weight excluding hydrogens is 186 g/mol. The Kier molecular flexibility index (Phi) is 5.37. The molecule has 0 aliphatic carbocycles. The first-order valence-electron chi connectivity index (χ1n) is 5.64. The van der Waals surface area contributed by atoms with Crippen molar-refractivity contribution in [1.29, 1.82) is 0 Å². The third kappa shape index (κ3) is 4.45. The Morgan fingerprint density at radius 2 is 1.87 bits per heavy atom. The van der Waals surface area contributed by atoms with Crippen molar-refractivity contribution in [1.82, 2.24) is 5.32 Å². The summed E-state index contributed by atoms with van der Waals surface area (Å²) < 4.78 is 5.65. The van der Waals surface area contributed by atoms with Gasteiger partial charge in [0.2, 0.25) is 0 Å². The minimum absolute atomic E-state index is 0.287. The molecule has 1 atom stereocenters. The van der Waals surface area contributed by atoms with Crippen molar-refractivity contribution in [3.05, 3.63) is 35.9 Å². The predicted octanol–water partition coefficient (Wildman–Crippen LogP) is 2.76. The molecule has 0 saturated carbocycles. The van der Waals surface area contributed by atoms with Crippen LogP contribution in [0.4, 0.5) is 0 Å². The summed E-state index contributed by atoms with van der Waals surface area (Å²) in [6, 6.07) is 10.7. The molecule has 0 fully saturated rings. The lowest BCUT2D eigenvalue weighted by Crippen LogP contribution is -2.26. The molecule has 1 rings (SSSR count). The van der Waals surface area contributed by atoms with Gasteiger partial charge in [-0.1, -0.05) is 37.3 Å². The van der Waals surface area contributed by atoms with Crippen LogP contribution in [0.1, 0.15) is 32.4 Å². The Labute approximate surface area is 92.6 Å². The van der Waals surface area contributed by atoms with E-state index in [2.05, 4.69) is 50.4 Å². The van der Waals surface area contributed by atoms with E-state index in [1.807, 2.05) is 6.07 Å². The average molecular weight is 207 g/mol. The zero-order valence-corrected chi connectivity index (χ0v) is 9.86. The largest absolute Gasteiger partial charge is 0.377 e. The van der Waals surface area contributed by atoms with Crippen LogP contribution in [0.25, 0.3) is 0 Å². The smallest absolute Gasteiger partial charge is 0.0664 e. The monoisotopic (exact) mass is 207 g/mol. The molecule has 0 amide bonds. The second kappa shape index (κ2) is 6.59. The van der Waals surface area contributed by atoms with Gasteiger partial charge in [-0.05, 0) is 26.0 Å². The van der Waals surface area contributed by atoms with Gasteiger partial charge in [-0.2, -0.15) is 0 Å². The highest BCUT2D eigenvalue weighted by Gasteiger charge is 2.10. The highest BCUT2D eigenvalue weighted by Crippen LogP contribution is 2.13. The number of likely N-dealkylation sites (N-methyl/N-ethyl adjacent to an activating group) is 1. The summed E-state index contributed by atoms with van der Waals surface area (Å²) in [4.78, 5) is 0. The molecule has 0 saturated heterocycles. The van der Waals surface area contributed by atoms with Crippen LogP contribution in [0.3, 0.4) is 0 Å². The molecule has 2 heteroatoms. The van der Waals surface area contributed by atoms with Gasteiger partial charge in [-0.15, -0.1) is 0 Å². The summed E-state index contributed by atoms with van der Waals surface area (Å²) in [6.07, 6.45) is 0.287. The summed E-state index contributed by atoms with van der Waals surface area (Å²) in [5.41, 5.74) is 1.29. The lowest BCUT2D eigenvalue weighted by Gasteiger charge is -2.19. The molecule has 0 radical (unpaired) electrons. The van der Waals surface area contributed by atoms with Crippen LogP contribution >= 0.6 is 0 Å². The number of nitrogens with one attached hydrogen (secondary N) is 1. The summed E-state index contributed by atoms with van der Waals surface area (Å²) in [5, 5.41) is 3.43. The Hall–Kier alpha value is -0.860. The molecular formula is C13H21NO. The van der Waals surface area contributed by atoms with Crippen LogP contribution in [0.15, 0.2) is 30.3 Å². The molecule has 0 spiro atoms. The van der Waals surface area contributed by atoms with Crippen LogP contribution in [-0.2, 0) is 4.74 Å². The molecule has 1 N–H and O–H groups in total. The van der Waals surface area contributed by atoms with Gasteiger partial charge >= 0.3 is 0 Å². The van der Waals surface area contributed by atoms with Gasteiger partial charge in [0.05, 0.1) is 18.8 Å². The maximum absolute atomic E-state index is 5.65. The first-order chi connectivity index (χ1) is 7.24. The lowest BCUT2D eigenvalue weighted by atomic mass is 10.1. The van der Waals surface area contributed by atoms with Crippen molar-refractivity contribution in [3.8, 4) is 0 Å². The van der Waals surface area contributed by atoms with E-state index in [-0.39, 0.29) is 6.10 Å². The Balaban J connectivity index is 2.57. The molecule has 1 aromatic carbocycles. The molecule has 0 heterocycles. The number of ether oxygens (including phenoxy) is 1. The Morgan fingerprint density at radius 3 is 2.40 bits per heavy atom.